The van der Waals surface area contributed by atoms with Gasteiger partial charge in [0.1, 0.15) is 12.6 Å². The van der Waals surface area contributed by atoms with E-state index < -0.39 is 0 Å². The fourth-order valence-electron chi connectivity index (χ4n) is 1.56. The lowest BCUT2D eigenvalue weighted by atomic mass is 10.4. The lowest BCUT2D eigenvalue weighted by Crippen LogP contribution is -2.41. The molecule has 0 aromatic carbocycles. The van der Waals surface area contributed by atoms with Crippen molar-refractivity contribution in [1.29, 1.82) is 0 Å². The number of nitrogens with one attached hydrogen (secondary N) is 2. The van der Waals surface area contributed by atoms with Gasteiger partial charge in [-0.15, -0.1) is 0 Å². The van der Waals surface area contributed by atoms with Crippen molar-refractivity contribution in [3.8, 4) is 0 Å². The van der Waals surface area contributed by atoms with Crippen molar-refractivity contribution in [3.63, 3.8) is 0 Å². The lowest BCUT2D eigenvalue weighted by Gasteiger charge is -2.13. The largest absolute Gasteiger partial charge is 0.371 e. The van der Waals surface area contributed by atoms with Gasteiger partial charge in [0, 0.05) is 19.2 Å². The smallest absolute Gasteiger partial charge is 0.248 e. The molecular weight excluding hydrogens is 258 g/mol. The summed E-state index contributed by atoms with van der Waals surface area (Å²) >= 11 is 0. The lowest BCUT2D eigenvalue weighted by molar-refractivity contribution is 0.0683. The summed E-state index contributed by atoms with van der Waals surface area (Å²) in [4.78, 5) is 8.67. The molecule has 0 bridgehead atoms. The van der Waals surface area contributed by atoms with Crippen LogP contribution in [0.3, 0.4) is 0 Å². The molecule has 0 amide bonds. The summed E-state index contributed by atoms with van der Waals surface area (Å²) in [7, 11) is 0. The molecule has 0 aliphatic rings. The van der Waals surface area contributed by atoms with Gasteiger partial charge < -0.3 is 19.9 Å². The van der Waals surface area contributed by atoms with Crippen molar-refractivity contribution in [3.05, 3.63) is 11.7 Å². The molecule has 20 heavy (non-hydrogen) atoms. The monoisotopic (exact) mass is 283 g/mol. The Balaban J connectivity index is 2.62. The minimum Gasteiger partial charge on any atom is -0.371 e. The molecular formula is C13H25N5O2. The van der Waals surface area contributed by atoms with Gasteiger partial charge in [-0.3, -0.25) is 0 Å². The topological polar surface area (TPSA) is 84.6 Å². The molecule has 0 radical (unpaired) electrons. The first-order chi connectivity index (χ1) is 9.56. The molecule has 0 fully saturated rings. The van der Waals surface area contributed by atoms with E-state index in [2.05, 4.69) is 39.6 Å². The van der Waals surface area contributed by atoms with Crippen molar-refractivity contribution in [2.45, 2.75) is 53.3 Å². The van der Waals surface area contributed by atoms with Crippen molar-refractivity contribution in [1.82, 2.24) is 20.8 Å². The van der Waals surface area contributed by atoms with Crippen molar-refractivity contribution in [2.75, 3.05) is 13.2 Å². The molecule has 1 aromatic rings. The molecule has 0 saturated carbocycles. The van der Waals surface area contributed by atoms with Crippen molar-refractivity contribution >= 4 is 5.96 Å². The molecule has 1 heterocycles. The van der Waals surface area contributed by atoms with Gasteiger partial charge in [0.15, 0.2) is 11.8 Å². The van der Waals surface area contributed by atoms with Gasteiger partial charge in [-0.1, -0.05) is 5.16 Å². The highest BCUT2D eigenvalue weighted by Gasteiger charge is 2.13. The molecule has 0 aliphatic carbocycles. The van der Waals surface area contributed by atoms with Crippen molar-refractivity contribution in [2.24, 2.45) is 4.99 Å². The van der Waals surface area contributed by atoms with E-state index in [1.54, 1.807) is 0 Å². The number of aromatic nitrogens is 2. The van der Waals surface area contributed by atoms with Crippen LogP contribution in [0.5, 0.6) is 0 Å². The Morgan fingerprint density at radius 2 is 2.10 bits per heavy atom. The minimum absolute atomic E-state index is 0.163. The Hall–Kier alpha value is -1.63. The van der Waals surface area contributed by atoms with Crippen LogP contribution in [-0.4, -0.2) is 35.3 Å². The molecule has 7 nitrogen and oxygen atoms in total. The second kappa shape index (κ2) is 8.52. The highest BCUT2D eigenvalue weighted by Crippen LogP contribution is 2.12. The Bertz CT molecular complexity index is 417. The Morgan fingerprint density at radius 1 is 1.35 bits per heavy atom. The average Bonchev–Trinajstić information content (AvgIpc) is 2.85. The molecule has 1 unspecified atom stereocenters. The van der Waals surface area contributed by atoms with Gasteiger partial charge in [0.05, 0.1) is 0 Å². The normalized spacial score (nSPS) is 13.6. The van der Waals surface area contributed by atoms with Gasteiger partial charge in [-0.25, -0.2) is 4.99 Å². The molecule has 0 saturated heterocycles. The highest BCUT2D eigenvalue weighted by molar-refractivity contribution is 5.79. The summed E-state index contributed by atoms with van der Waals surface area (Å²) in [6, 6.07) is 0.309. The summed E-state index contributed by atoms with van der Waals surface area (Å²) in [5, 5.41) is 10.3. The van der Waals surface area contributed by atoms with Crippen LogP contribution in [0.1, 0.15) is 52.4 Å². The molecule has 0 aliphatic heterocycles. The third-order valence-corrected chi connectivity index (χ3v) is 2.41. The molecule has 1 atom stereocenters. The predicted octanol–water partition coefficient (Wildman–Crippen LogP) is 1.63. The van der Waals surface area contributed by atoms with Crippen LogP contribution in [0.2, 0.25) is 0 Å². The van der Waals surface area contributed by atoms with Gasteiger partial charge in [0.2, 0.25) is 5.89 Å². The van der Waals surface area contributed by atoms with Gasteiger partial charge in [0.25, 0.3) is 0 Å². The van der Waals surface area contributed by atoms with E-state index in [4.69, 9.17) is 9.26 Å². The summed E-state index contributed by atoms with van der Waals surface area (Å²) in [5.41, 5.74) is 0. The molecule has 2 N–H and O–H groups in total. The van der Waals surface area contributed by atoms with E-state index in [9.17, 15) is 0 Å². The summed E-state index contributed by atoms with van der Waals surface area (Å²) in [6.07, 6.45) is -0.163. The minimum atomic E-state index is -0.163. The number of nitrogens with zero attached hydrogens (tertiary/aromatic N) is 3. The zero-order chi connectivity index (χ0) is 15.0. The maximum absolute atomic E-state index is 5.41. The molecule has 7 heteroatoms. The Labute approximate surface area is 120 Å². The summed E-state index contributed by atoms with van der Waals surface area (Å²) in [6.45, 7) is 11.7. The average molecular weight is 283 g/mol. The zero-order valence-corrected chi connectivity index (χ0v) is 12.9. The van der Waals surface area contributed by atoms with Crippen LogP contribution in [0.25, 0.3) is 0 Å². The molecule has 0 spiro atoms. The van der Waals surface area contributed by atoms with Crippen molar-refractivity contribution < 1.29 is 9.26 Å². The SMILES string of the molecule is CCNC(=NCc1nc(C(C)OCC)no1)NC(C)C. The summed E-state index contributed by atoms with van der Waals surface area (Å²) in [5.74, 6) is 1.77. The van der Waals surface area contributed by atoms with Crippen LogP contribution in [-0.2, 0) is 11.3 Å². The first-order valence-corrected chi connectivity index (χ1v) is 7.05. The predicted molar refractivity (Wildman–Crippen MR) is 77.4 cm³/mol. The maximum atomic E-state index is 5.41. The Kier molecular flexibility index (Phi) is 7.00. The quantitative estimate of drug-likeness (QED) is 0.584. The van der Waals surface area contributed by atoms with E-state index in [0.717, 1.165) is 12.5 Å². The fourth-order valence-corrected chi connectivity index (χ4v) is 1.56. The van der Waals surface area contributed by atoms with E-state index >= 15 is 0 Å². The van der Waals surface area contributed by atoms with E-state index in [-0.39, 0.29) is 6.10 Å². The second-order valence-electron chi connectivity index (χ2n) is 4.64. The van der Waals surface area contributed by atoms with Crippen LogP contribution >= 0.6 is 0 Å². The van der Waals surface area contributed by atoms with Gasteiger partial charge in [-0.2, -0.15) is 4.98 Å². The van der Waals surface area contributed by atoms with Gasteiger partial charge in [-0.05, 0) is 34.6 Å². The standard InChI is InChI=1S/C13H25N5O2/c1-6-14-13(16-9(3)4)15-8-11-17-12(18-20-11)10(5)19-7-2/h9-10H,6-8H2,1-5H3,(H2,14,15,16). The van der Waals surface area contributed by atoms with Crippen LogP contribution < -0.4 is 10.6 Å². The van der Waals surface area contributed by atoms with Crippen LogP contribution in [0, 0.1) is 0 Å². The van der Waals surface area contributed by atoms with Crippen LogP contribution in [0.15, 0.2) is 9.52 Å². The first kappa shape index (κ1) is 16.4. The number of hydrogen-bond donors (Lipinski definition) is 2. The second-order valence-corrected chi connectivity index (χ2v) is 4.64. The Morgan fingerprint density at radius 3 is 2.70 bits per heavy atom. The molecule has 1 aromatic heterocycles. The number of hydrogen-bond acceptors (Lipinski definition) is 5. The maximum Gasteiger partial charge on any atom is 0.248 e. The third-order valence-electron chi connectivity index (χ3n) is 2.41. The third kappa shape index (κ3) is 5.56. The fraction of sp³-hybridized carbons (Fsp3) is 0.769. The number of rotatable bonds is 7. The van der Waals surface area contributed by atoms with Gasteiger partial charge >= 0.3 is 0 Å². The summed E-state index contributed by atoms with van der Waals surface area (Å²) < 4.78 is 10.6. The highest BCUT2D eigenvalue weighted by atomic mass is 16.5. The number of ether oxygens (including phenoxy) is 1. The zero-order valence-electron chi connectivity index (χ0n) is 12.9. The first-order valence-electron chi connectivity index (χ1n) is 7.05. The number of guanidine groups is 1. The molecule has 114 valence electrons. The van der Waals surface area contributed by atoms with E-state index in [0.29, 0.717) is 30.9 Å². The van der Waals surface area contributed by atoms with E-state index in [1.807, 2.05) is 20.8 Å². The van der Waals surface area contributed by atoms with Crippen LogP contribution in [0.4, 0.5) is 0 Å². The van der Waals surface area contributed by atoms with E-state index in [1.165, 1.54) is 0 Å². The number of aliphatic imine (C=N–C) groups is 1. The molecule has 1 rings (SSSR count).